The number of hydrogen-bond donors (Lipinski definition) is 0. The highest BCUT2D eigenvalue weighted by Gasteiger charge is 2.53. The molecule has 0 bridgehead atoms. The summed E-state index contributed by atoms with van der Waals surface area (Å²) in [7, 11) is 1.10. The van der Waals surface area contributed by atoms with Crippen molar-refractivity contribution in [2.45, 2.75) is 50.5 Å². The molecule has 0 aromatic heterocycles. The Labute approximate surface area is 147 Å². The minimum Gasteiger partial charge on any atom is -0.493 e. The third-order valence-corrected chi connectivity index (χ3v) is 4.21. The van der Waals surface area contributed by atoms with Crippen molar-refractivity contribution < 1.29 is 41.0 Å². The number of methoxy groups -OCH3 is 1. The van der Waals surface area contributed by atoms with Crippen molar-refractivity contribution in [3.8, 4) is 5.75 Å². The first-order valence-electron chi connectivity index (χ1n) is 7.94. The van der Waals surface area contributed by atoms with Crippen molar-refractivity contribution in [2.24, 2.45) is 0 Å². The van der Waals surface area contributed by atoms with Crippen LogP contribution in [-0.2, 0) is 14.3 Å². The molecule has 2 rings (SSSR count). The number of carbonyl (C=O) groups excluding carboxylic acids is 1. The quantitative estimate of drug-likeness (QED) is 0.568. The number of rotatable bonds is 5. The van der Waals surface area contributed by atoms with Crippen LogP contribution in [0.1, 0.15) is 38.2 Å². The first kappa shape index (κ1) is 20.4. The number of alkyl halides is 3. The van der Waals surface area contributed by atoms with Gasteiger partial charge >= 0.3 is 12.1 Å². The molecule has 3 atom stereocenters. The van der Waals surface area contributed by atoms with E-state index in [1.54, 1.807) is 0 Å². The molecule has 146 valence electrons. The fourth-order valence-corrected chi connectivity index (χ4v) is 3.30. The second-order valence-electron chi connectivity index (χ2n) is 6.33. The molecule has 1 aromatic carbocycles. The van der Waals surface area contributed by atoms with Crippen LogP contribution < -0.4 is 4.74 Å². The Morgan fingerprint density at radius 1 is 1.35 bits per heavy atom. The van der Waals surface area contributed by atoms with Crippen LogP contribution in [0, 0.1) is 11.6 Å². The number of esters is 1. The van der Waals surface area contributed by atoms with Gasteiger partial charge in [0.1, 0.15) is 0 Å². The standard InChI is InChI=1S/C17H19F5O4/c1-4-25-15(23)14-10(7-16(2,26-14)8-17(20,21)22)9-5-6-11(18)12(19)13(9)24-3/h5-6,10,14H,4,7-8H2,1-3H3/t10-,14-,16+/m0/s1. The maximum Gasteiger partial charge on any atom is 0.391 e. The molecule has 1 aliphatic rings. The second kappa shape index (κ2) is 7.38. The lowest BCUT2D eigenvalue weighted by molar-refractivity contribution is -0.189. The second-order valence-corrected chi connectivity index (χ2v) is 6.33. The van der Waals surface area contributed by atoms with Gasteiger partial charge in [0.05, 0.1) is 25.7 Å². The van der Waals surface area contributed by atoms with Crippen molar-refractivity contribution in [2.75, 3.05) is 13.7 Å². The van der Waals surface area contributed by atoms with E-state index in [0.717, 1.165) is 13.2 Å². The Balaban J connectivity index is 2.46. The SMILES string of the molecule is CCOC(=O)[C@H]1O[C@@](C)(CC(F)(F)F)C[C@H]1c1ccc(F)c(F)c1OC. The van der Waals surface area contributed by atoms with Crippen LogP contribution in [0.2, 0.25) is 0 Å². The Morgan fingerprint density at radius 2 is 2.00 bits per heavy atom. The van der Waals surface area contributed by atoms with Crippen LogP contribution in [0.25, 0.3) is 0 Å². The lowest BCUT2D eigenvalue weighted by Crippen LogP contribution is -2.34. The highest BCUT2D eigenvalue weighted by atomic mass is 19.4. The molecular formula is C17H19F5O4. The molecule has 1 aromatic rings. The summed E-state index contributed by atoms with van der Waals surface area (Å²) >= 11 is 0. The highest BCUT2D eigenvalue weighted by Crippen LogP contribution is 2.48. The molecule has 9 heteroatoms. The highest BCUT2D eigenvalue weighted by molar-refractivity contribution is 5.77. The minimum atomic E-state index is -4.53. The summed E-state index contributed by atoms with van der Waals surface area (Å²) < 4.78 is 81.3. The van der Waals surface area contributed by atoms with Crippen LogP contribution in [0.15, 0.2) is 12.1 Å². The van der Waals surface area contributed by atoms with E-state index in [0.29, 0.717) is 0 Å². The third-order valence-electron chi connectivity index (χ3n) is 4.21. The largest absolute Gasteiger partial charge is 0.493 e. The van der Waals surface area contributed by atoms with Gasteiger partial charge in [-0.2, -0.15) is 17.6 Å². The van der Waals surface area contributed by atoms with Gasteiger partial charge in [0.2, 0.25) is 5.82 Å². The van der Waals surface area contributed by atoms with Crippen molar-refractivity contribution in [3.05, 3.63) is 29.3 Å². The summed E-state index contributed by atoms with van der Waals surface area (Å²) in [6.07, 6.45) is -7.45. The van der Waals surface area contributed by atoms with E-state index >= 15 is 0 Å². The van der Waals surface area contributed by atoms with Gasteiger partial charge in [0.15, 0.2) is 17.7 Å². The molecule has 0 amide bonds. The smallest absolute Gasteiger partial charge is 0.391 e. The van der Waals surface area contributed by atoms with Crippen molar-refractivity contribution in [1.82, 2.24) is 0 Å². The van der Waals surface area contributed by atoms with Gasteiger partial charge in [-0.05, 0) is 26.3 Å². The van der Waals surface area contributed by atoms with E-state index in [-0.39, 0.29) is 18.6 Å². The van der Waals surface area contributed by atoms with Gasteiger partial charge in [-0.1, -0.05) is 6.07 Å². The lowest BCUT2D eigenvalue weighted by atomic mass is 9.85. The van der Waals surface area contributed by atoms with Gasteiger partial charge in [-0.25, -0.2) is 9.18 Å². The molecule has 1 fully saturated rings. The average Bonchev–Trinajstić information content (AvgIpc) is 2.85. The van der Waals surface area contributed by atoms with Gasteiger partial charge in [0, 0.05) is 11.5 Å². The average molecular weight is 382 g/mol. The predicted molar refractivity (Wildman–Crippen MR) is 80.9 cm³/mol. The Kier molecular flexibility index (Phi) is 5.79. The first-order chi connectivity index (χ1) is 12.0. The van der Waals surface area contributed by atoms with Crippen LogP contribution in [0.3, 0.4) is 0 Å². The van der Waals surface area contributed by atoms with E-state index in [9.17, 15) is 26.7 Å². The van der Waals surface area contributed by atoms with Gasteiger partial charge in [-0.3, -0.25) is 0 Å². The van der Waals surface area contributed by atoms with E-state index < -0.39 is 53.6 Å². The number of halogens is 5. The number of hydrogen-bond acceptors (Lipinski definition) is 4. The molecule has 0 spiro atoms. The van der Waals surface area contributed by atoms with Crippen molar-refractivity contribution in [3.63, 3.8) is 0 Å². The van der Waals surface area contributed by atoms with Crippen LogP contribution in [0.4, 0.5) is 22.0 Å². The molecule has 1 saturated heterocycles. The molecule has 1 heterocycles. The molecule has 0 radical (unpaired) electrons. The van der Waals surface area contributed by atoms with Crippen LogP contribution in [-0.4, -0.2) is 37.6 Å². The lowest BCUT2D eigenvalue weighted by Gasteiger charge is -2.25. The van der Waals surface area contributed by atoms with E-state index in [1.807, 2.05) is 0 Å². The maximum atomic E-state index is 14.0. The number of ether oxygens (including phenoxy) is 3. The van der Waals surface area contributed by atoms with Crippen molar-refractivity contribution >= 4 is 5.97 Å². The normalized spacial score (nSPS) is 26.0. The van der Waals surface area contributed by atoms with Crippen LogP contribution in [0.5, 0.6) is 5.75 Å². The summed E-state index contributed by atoms with van der Waals surface area (Å²) in [6, 6.07) is 2.01. The van der Waals surface area contributed by atoms with Crippen LogP contribution >= 0.6 is 0 Å². The molecular weight excluding hydrogens is 363 g/mol. The number of benzene rings is 1. The number of carbonyl (C=O) groups is 1. The minimum absolute atomic E-state index is 0.00366. The predicted octanol–water partition coefficient (Wildman–Crippen LogP) is 4.12. The molecule has 26 heavy (non-hydrogen) atoms. The monoisotopic (exact) mass is 382 g/mol. The van der Waals surface area contributed by atoms with Gasteiger partial charge < -0.3 is 14.2 Å². The molecule has 0 saturated carbocycles. The molecule has 1 aliphatic heterocycles. The zero-order valence-electron chi connectivity index (χ0n) is 14.5. The molecule has 0 aliphatic carbocycles. The summed E-state index contributed by atoms with van der Waals surface area (Å²) in [5, 5.41) is 0. The topological polar surface area (TPSA) is 44.8 Å². The molecule has 0 N–H and O–H groups in total. The van der Waals surface area contributed by atoms with E-state index in [2.05, 4.69) is 0 Å². The Hall–Kier alpha value is -1.90. The zero-order chi connectivity index (χ0) is 19.7. The van der Waals surface area contributed by atoms with Gasteiger partial charge in [0.25, 0.3) is 0 Å². The van der Waals surface area contributed by atoms with E-state index in [1.165, 1.54) is 19.9 Å². The maximum absolute atomic E-state index is 14.0. The Morgan fingerprint density at radius 3 is 2.54 bits per heavy atom. The molecule has 4 nitrogen and oxygen atoms in total. The fraction of sp³-hybridized carbons (Fsp3) is 0.588. The van der Waals surface area contributed by atoms with Gasteiger partial charge in [-0.15, -0.1) is 0 Å². The zero-order valence-corrected chi connectivity index (χ0v) is 14.5. The Bertz CT molecular complexity index is 676. The summed E-state index contributed by atoms with van der Waals surface area (Å²) in [5.41, 5.74) is -1.66. The molecule has 0 unspecified atom stereocenters. The summed E-state index contributed by atoms with van der Waals surface area (Å²) in [4.78, 5) is 12.2. The fourth-order valence-electron chi connectivity index (χ4n) is 3.30. The summed E-state index contributed by atoms with van der Waals surface area (Å²) in [6.45, 7) is 2.75. The summed E-state index contributed by atoms with van der Waals surface area (Å²) in [5.74, 6) is -4.77. The van der Waals surface area contributed by atoms with E-state index in [4.69, 9.17) is 14.2 Å². The third kappa shape index (κ3) is 4.25. The first-order valence-corrected chi connectivity index (χ1v) is 7.94. The van der Waals surface area contributed by atoms with Crippen molar-refractivity contribution in [1.29, 1.82) is 0 Å².